The molecule has 2 heterocycles. The molecule has 1 aliphatic carbocycles. The summed E-state index contributed by atoms with van der Waals surface area (Å²) in [5.74, 6) is 1.18. The average molecular weight is 289 g/mol. The van der Waals surface area contributed by atoms with Crippen LogP contribution in [0.2, 0.25) is 0 Å². The van der Waals surface area contributed by atoms with E-state index in [1.807, 2.05) is 12.1 Å². The number of carbonyl (C=O) groups excluding carboxylic acids is 1. The van der Waals surface area contributed by atoms with Crippen molar-refractivity contribution >= 4 is 17.7 Å². The maximum Gasteiger partial charge on any atom is 0.230 e. The van der Waals surface area contributed by atoms with Crippen molar-refractivity contribution in [2.45, 2.75) is 24.0 Å². The lowest BCUT2D eigenvalue weighted by Crippen LogP contribution is -2.20. The third-order valence-electron chi connectivity index (χ3n) is 3.11. The highest BCUT2D eigenvalue weighted by molar-refractivity contribution is 7.99. The zero-order chi connectivity index (χ0) is 13.9. The number of nitrogens with zero attached hydrogens (tertiary/aromatic N) is 4. The molecular weight excluding hydrogens is 274 g/mol. The van der Waals surface area contributed by atoms with Gasteiger partial charge in [0.05, 0.1) is 5.75 Å². The van der Waals surface area contributed by atoms with Crippen LogP contribution in [-0.2, 0) is 4.79 Å². The van der Waals surface area contributed by atoms with Crippen molar-refractivity contribution in [3.8, 4) is 11.4 Å². The van der Waals surface area contributed by atoms with Crippen molar-refractivity contribution in [1.82, 2.24) is 25.1 Å². The molecule has 104 valence electrons. The first-order valence-corrected chi connectivity index (χ1v) is 7.47. The lowest BCUT2D eigenvalue weighted by atomic mass is 10.3. The van der Waals surface area contributed by atoms with Gasteiger partial charge in [-0.2, -0.15) is 0 Å². The van der Waals surface area contributed by atoms with Crippen molar-refractivity contribution < 1.29 is 4.79 Å². The van der Waals surface area contributed by atoms with E-state index in [1.165, 1.54) is 11.8 Å². The van der Waals surface area contributed by atoms with E-state index in [9.17, 15) is 4.79 Å². The normalized spacial score (nSPS) is 14.2. The monoisotopic (exact) mass is 289 g/mol. The number of nitrogens with one attached hydrogen (secondary N) is 1. The summed E-state index contributed by atoms with van der Waals surface area (Å²) in [5.41, 5.74) is 0.957. The summed E-state index contributed by atoms with van der Waals surface area (Å²) in [6.07, 6.45) is 5.80. The van der Waals surface area contributed by atoms with Crippen LogP contribution in [0.25, 0.3) is 11.4 Å². The van der Waals surface area contributed by atoms with E-state index in [0.717, 1.165) is 29.4 Å². The molecule has 2 aromatic rings. The largest absolute Gasteiger partial charge is 0.358 e. The van der Waals surface area contributed by atoms with Crippen LogP contribution in [0.15, 0.2) is 29.7 Å². The van der Waals surface area contributed by atoms with Crippen LogP contribution in [0, 0.1) is 0 Å². The van der Waals surface area contributed by atoms with Crippen molar-refractivity contribution in [1.29, 1.82) is 0 Å². The van der Waals surface area contributed by atoms with Crippen LogP contribution in [0.5, 0.6) is 0 Å². The summed E-state index contributed by atoms with van der Waals surface area (Å²) >= 11 is 1.42. The molecule has 1 amide bonds. The molecule has 0 aliphatic heterocycles. The van der Waals surface area contributed by atoms with Crippen LogP contribution >= 0.6 is 11.8 Å². The zero-order valence-electron chi connectivity index (χ0n) is 11.1. The van der Waals surface area contributed by atoms with Crippen molar-refractivity contribution in [2.24, 2.45) is 0 Å². The van der Waals surface area contributed by atoms with Gasteiger partial charge >= 0.3 is 0 Å². The maximum atomic E-state index is 11.4. The average Bonchev–Trinajstić information content (AvgIpc) is 3.25. The fourth-order valence-corrected chi connectivity index (χ4v) is 2.81. The van der Waals surface area contributed by atoms with Gasteiger partial charge in [-0.3, -0.25) is 14.3 Å². The van der Waals surface area contributed by atoms with E-state index >= 15 is 0 Å². The molecule has 2 aromatic heterocycles. The maximum absolute atomic E-state index is 11.4. The highest BCUT2D eigenvalue weighted by atomic mass is 32.2. The number of aromatic nitrogens is 4. The van der Waals surface area contributed by atoms with Gasteiger partial charge in [0.15, 0.2) is 11.0 Å². The standard InChI is InChI=1S/C13H15N5OS/c1-14-11(19)8-20-13-17-16-12(18(13)10-4-5-10)9-3-2-6-15-7-9/h2-3,6-7,10H,4-5,8H2,1H3,(H,14,19). The zero-order valence-corrected chi connectivity index (χ0v) is 11.9. The molecule has 0 saturated heterocycles. The third-order valence-corrected chi connectivity index (χ3v) is 4.05. The number of rotatable bonds is 5. The van der Waals surface area contributed by atoms with Crippen molar-refractivity contribution in [2.75, 3.05) is 12.8 Å². The van der Waals surface area contributed by atoms with Gasteiger partial charge in [-0.1, -0.05) is 11.8 Å². The van der Waals surface area contributed by atoms with Crippen LogP contribution < -0.4 is 5.32 Å². The summed E-state index contributed by atoms with van der Waals surface area (Å²) in [6.45, 7) is 0. The molecule has 0 unspecified atom stereocenters. The molecule has 0 spiro atoms. The minimum atomic E-state index is -0.0109. The topological polar surface area (TPSA) is 72.7 Å². The molecule has 1 fully saturated rings. The van der Waals surface area contributed by atoms with Gasteiger partial charge in [0.2, 0.25) is 5.91 Å². The Balaban J connectivity index is 1.88. The Bertz CT molecular complexity index is 608. The number of hydrogen-bond donors (Lipinski definition) is 1. The molecule has 0 aromatic carbocycles. The molecular formula is C13H15N5OS. The fraction of sp³-hybridized carbons (Fsp3) is 0.385. The molecule has 0 bridgehead atoms. The second-order valence-electron chi connectivity index (χ2n) is 4.61. The Kier molecular flexibility index (Phi) is 3.68. The Morgan fingerprint density at radius 3 is 3.00 bits per heavy atom. The molecule has 1 N–H and O–H groups in total. The van der Waals surface area contributed by atoms with Crippen LogP contribution in [0.4, 0.5) is 0 Å². The van der Waals surface area contributed by atoms with Gasteiger partial charge in [-0.15, -0.1) is 10.2 Å². The molecule has 6 nitrogen and oxygen atoms in total. The molecule has 1 saturated carbocycles. The number of thioether (sulfide) groups is 1. The first-order valence-electron chi connectivity index (χ1n) is 6.48. The van der Waals surface area contributed by atoms with Crippen LogP contribution in [0.1, 0.15) is 18.9 Å². The molecule has 0 atom stereocenters. The minimum absolute atomic E-state index is 0.0109. The summed E-state index contributed by atoms with van der Waals surface area (Å²) in [5, 5.41) is 11.9. The predicted molar refractivity (Wildman–Crippen MR) is 76.3 cm³/mol. The van der Waals surface area contributed by atoms with Gasteiger partial charge in [0.25, 0.3) is 0 Å². The Morgan fingerprint density at radius 2 is 2.35 bits per heavy atom. The van der Waals surface area contributed by atoms with Crippen molar-refractivity contribution in [3.05, 3.63) is 24.5 Å². The first kappa shape index (κ1) is 13.1. The van der Waals surface area contributed by atoms with Crippen molar-refractivity contribution in [3.63, 3.8) is 0 Å². The van der Waals surface area contributed by atoms with E-state index in [2.05, 4.69) is 25.1 Å². The SMILES string of the molecule is CNC(=O)CSc1nnc(-c2cccnc2)n1C1CC1. The summed E-state index contributed by atoms with van der Waals surface area (Å²) < 4.78 is 2.13. The number of hydrogen-bond acceptors (Lipinski definition) is 5. The van der Waals surface area contributed by atoms with Gasteiger partial charge in [0.1, 0.15) is 0 Å². The van der Waals surface area contributed by atoms with Gasteiger partial charge in [-0.25, -0.2) is 0 Å². The number of amides is 1. The van der Waals surface area contributed by atoms with Gasteiger partial charge in [0, 0.05) is 31.0 Å². The molecule has 0 radical (unpaired) electrons. The summed E-state index contributed by atoms with van der Waals surface area (Å²) in [7, 11) is 1.63. The highest BCUT2D eigenvalue weighted by Crippen LogP contribution is 2.40. The molecule has 20 heavy (non-hydrogen) atoms. The smallest absolute Gasteiger partial charge is 0.230 e. The van der Waals surface area contributed by atoms with Crippen LogP contribution in [0.3, 0.4) is 0 Å². The second kappa shape index (κ2) is 5.62. The fourth-order valence-electron chi connectivity index (χ4n) is 1.93. The Morgan fingerprint density at radius 1 is 1.50 bits per heavy atom. The summed E-state index contributed by atoms with van der Waals surface area (Å²) in [6, 6.07) is 4.31. The quantitative estimate of drug-likeness (QED) is 0.845. The minimum Gasteiger partial charge on any atom is -0.358 e. The predicted octanol–water partition coefficient (Wildman–Crippen LogP) is 1.51. The second-order valence-corrected chi connectivity index (χ2v) is 5.55. The third kappa shape index (κ3) is 2.67. The Hall–Kier alpha value is -1.89. The molecule has 1 aliphatic rings. The lowest BCUT2D eigenvalue weighted by molar-refractivity contribution is -0.118. The van der Waals surface area contributed by atoms with E-state index < -0.39 is 0 Å². The van der Waals surface area contributed by atoms with E-state index in [0.29, 0.717) is 11.8 Å². The molecule has 3 rings (SSSR count). The number of pyridine rings is 1. The van der Waals surface area contributed by atoms with Crippen LogP contribution in [-0.4, -0.2) is 38.5 Å². The van der Waals surface area contributed by atoms with Gasteiger partial charge < -0.3 is 5.32 Å². The lowest BCUT2D eigenvalue weighted by Gasteiger charge is -2.08. The molecule has 7 heteroatoms. The van der Waals surface area contributed by atoms with E-state index in [1.54, 1.807) is 19.4 Å². The van der Waals surface area contributed by atoms with E-state index in [4.69, 9.17) is 0 Å². The highest BCUT2D eigenvalue weighted by Gasteiger charge is 2.30. The first-order chi connectivity index (χ1) is 9.79. The Labute approximate surface area is 121 Å². The van der Waals surface area contributed by atoms with Gasteiger partial charge in [-0.05, 0) is 25.0 Å². The van der Waals surface area contributed by atoms with E-state index in [-0.39, 0.29) is 5.91 Å². The number of carbonyl (C=O) groups is 1. The summed E-state index contributed by atoms with van der Waals surface area (Å²) in [4.78, 5) is 15.5.